The van der Waals surface area contributed by atoms with Gasteiger partial charge in [-0.3, -0.25) is 5.41 Å². The van der Waals surface area contributed by atoms with Gasteiger partial charge in [-0.15, -0.1) is 0 Å². The predicted molar refractivity (Wildman–Crippen MR) is 77.9 cm³/mol. The van der Waals surface area contributed by atoms with Crippen LogP contribution in [0.3, 0.4) is 0 Å². The molecule has 0 radical (unpaired) electrons. The molecule has 1 aromatic carbocycles. The second kappa shape index (κ2) is 7.67. The van der Waals surface area contributed by atoms with Crippen molar-refractivity contribution in [2.24, 2.45) is 0 Å². The van der Waals surface area contributed by atoms with E-state index in [9.17, 15) is 0 Å². The zero-order valence-electron chi connectivity index (χ0n) is 9.70. The number of nitrogens with one attached hydrogen (secondary N) is 1. The van der Waals surface area contributed by atoms with Gasteiger partial charge >= 0.3 is 0 Å². The van der Waals surface area contributed by atoms with E-state index in [1.54, 1.807) is 0 Å². The van der Waals surface area contributed by atoms with Crippen molar-refractivity contribution >= 4 is 40.7 Å². The minimum atomic E-state index is -1.78. The second-order valence-corrected chi connectivity index (χ2v) is 5.91. The second-order valence-electron chi connectivity index (χ2n) is 3.63. The molecular weight excluding hydrogens is 293 g/mol. The van der Waals surface area contributed by atoms with Crippen LogP contribution < -0.4 is 0 Å². The standard InChI is InChI=1S/C13H14Cl3NO/c14-13(15,16)12(17)18-10-6-2-5-9-11-7-3-1-4-8-11/h1-4,6-8,17H,5,9-10H2/b6-2-,17-12?. The summed E-state index contributed by atoms with van der Waals surface area (Å²) in [5.74, 6) is -0.361. The van der Waals surface area contributed by atoms with E-state index in [1.165, 1.54) is 5.56 Å². The van der Waals surface area contributed by atoms with Gasteiger partial charge in [0.2, 0.25) is 5.90 Å². The van der Waals surface area contributed by atoms with Crippen molar-refractivity contribution in [3.8, 4) is 0 Å². The van der Waals surface area contributed by atoms with Gasteiger partial charge < -0.3 is 4.74 Å². The van der Waals surface area contributed by atoms with E-state index in [1.807, 2.05) is 30.4 Å². The number of hydrogen-bond acceptors (Lipinski definition) is 2. The van der Waals surface area contributed by atoms with E-state index in [2.05, 4.69) is 12.1 Å². The van der Waals surface area contributed by atoms with Gasteiger partial charge in [0.15, 0.2) is 0 Å². The number of rotatable bonds is 5. The van der Waals surface area contributed by atoms with E-state index in [-0.39, 0.29) is 12.5 Å². The van der Waals surface area contributed by atoms with Crippen LogP contribution in [0.5, 0.6) is 0 Å². The van der Waals surface area contributed by atoms with Crippen molar-refractivity contribution in [3.63, 3.8) is 0 Å². The molecule has 2 nitrogen and oxygen atoms in total. The SMILES string of the molecule is N=C(OC/C=C\CCc1ccccc1)C(Cl)(Cl)Cl. The largest absolute Gasteiger partial charge is 0.474 e. The fraction of sp³-hybridized carbons (Fsp3) is 0.308. The molecular formula is C13H14Cl3NO. The summed E-state index contributed by atoms with van der Waals surface area (Å²) in [6.45, 7) is 0.238. The Morgan fingerprint density at radius 3 is 2.44 bits per heavy atom. The molecule has 98 valence electrons. The Morgan fingerprint density at radius 1 is 1.17 bits per heavy atom. The fourth-order valence-corrected chi connectivity index (χ4v) is 1.46. The van der Waals surface area contributed by atoms with Gasteiger partial charge in [0, 0.05) is 0 Å². The lowest BCUT2D eigenvalue weighted by molar-refractivity contribution is 0.339. The molecule has 0 amide bonds. The maximum absolute atomic E-state index is 7.30. The smallest absolute Gasteiger partial charge is 0.265 e. The zero-order chi connectivity index (χ0) is 13.4. The quantitative estimate of drug-likeness (QED) is 0.368. The van der Waals surface area contributed by atoms with Crippen LogP contribution >= 0.6 is 34.8 Å². The van der Waals surface area contributed by atoms with Gasteiger partial charge in [0.1, 0.15) is 6.61 Å². The lowest BCUT2D eigenvalue weighted by atomic mass is 10.1. The molecule has 0 fully saturated rings. The Kier molecular flexibility index (Phi) is 6.55. The predicted octanol–water partition coefficient (Wildman–Crippen LogP) is 4.54. The normalized spacial score (nSPS) is 11.7. The van der Waals surface area contributed by atoms with E-state index >= 15 is 0 Å². The maximum Gasteiger partial charge on any atom is 0.265 e. The van der Waals surface area contributed by atoms with Crippen LogP contribution in [0.2, 0.25) is 0 Å². The Balaban J connectivity index is 2.17. The van der Waals surface area contributed by atoms with Gasteiger partial charge in [0.25, 0.3) is 3.79 Å². The molecule has 18 heavy (non-hydrogen) atoms. The van der Waals surface area contributed by atoms with Crippen LogP contribution in [0.1, 0.15) is 12.0 Å². The lowest BCUT2D eigenvalue weighted by Crippen LogP contribution is -2.21. The Bertz CT molecular complexity index is 398. The van der Waals surface area contributed by atoms with Gasteiger partial charge in [-0.05, 0) is 18.4 Å². The summed E-state index contributed by atoms with van der Waals surface area (Å²) in [4.78, 5) is 0. The van der Waals surface area contributed by atoms with Gasteiger partial charge in [0.05, 0.1) is 0 Å². The van der Waals surface area contributed by atoms with Gasteiger partial charge in [-0.1, -0.05) is 77.3 Å². The first kappa shape index (κ1) is 15.4. The number of ether oxygens (including phenoxy) is 1. The Labute approximate surface area is 122 Å². The summed E-state index contributed by atoms with van der Waals surface area (Å²) in [6, 6.07) is 10.2. The third kappa shape index (κ3) is 6.29. The summed E-state index contributed by atoms with van der Waals surface area (Å²) >= 11 is 16.4. The van der Waals surface area contributed by atoms with Crippen LogP contribution in [0.4, 0.5) is 0 Å². The summed E-state index contributed by atoms with van der Waals surface area (Å²) in [5, 5.41) is 7.30. The average molecular weight is 307 g/mol. The molecule has 0 bridgehead atoms. The summed E-state index contributed by atoms with van der Waals surface area (Å²) < 4.78 is 3.18. The number of hydrogen-bond donors (Lipinski definition) is 1. The molecule has 0 aliphatic rings. The highest BCUT2D eigenvalue weighted by Crippen LogP contribution is 2.27. The zero-order valence-corrected chi connectivity index (χ0v) is 12.0. The third-order valence-corrected chi connectivity index (χ3v) is 2.71. The molecule has 0 saturated heterocycles. The average Bonchev–Trinajstić information content (AvgIpc) is 2.33. The number of alkyl halides is 3. The number of allylic oxidation sites excluding steroid dienone is 1. The topological polar surface area (TPSA) is 33.1 Å². The van der Waals surface area contributed by atoms with Crippen LogP contribution in [-0.2, 0) is 11.2 Å². The molecule has 0 saturated carbocycles. The fourth-order valence-electron chi connectivity index (χ4n) is 1.29. The molecule has 5 heteroatoms. The minimum Gasteiger partial charge on any atom is -0.474 e. The summed E-state index contributed by atoms with van der Waals surface area (Å²) in [5.41, 5.74) is 1.29. The molecule has 0 aromatic heterocycles. The molecule has 1 N–H and O–H groups in total. The number of benzene rings is 1. The van der Waals surface area contributed by atoms with Crippen molar-refractivity contribution < 1.29 is 4.74 Å². The van der Waals surface area contributed by atoms with Crippen molar-refractivity contribution in [2.75, 3.05) is 6.61 Å². The van der Waals surface area contributed by atoms with Crippen LogP contribution in [0.25, 0.3) is 0 Å². The molecule has 0 aliphatic carbocycles. The van der Waals surface area contributed by atoms with Gasteiger partial charge in [-0.2, -0.15) is 0 Å². The van der Waals surface area contributed by atoms with Crippen molar-refractivity contribution in [1.29, 1.82) is 5.41 Å². The van der Waals surface area contributed by atoms with E-state index < -0.39 is 3.79 Å². The first-order valence-corrected chi connectivity index (χ1v) is 6.61. The minimum absolute atomic E-state index is 0.238. The summed E-state index contributed by atoms with van der Waals surface area (Å²) in [6.07, 6.45) is 5.68. The highest BCUT2D eigenvalue weighted by molar-refractivity contribution is 6.76. The highest BCUT2D eigenvalue weighted by Gasteiger charge is 2.28. The highest BCUT2D eigenvalue weighted by atomic mass is 35.6. The lowest BCUT2D eigenvalue weighted by Gasteiger charge is -2.11. The molecule has 0 atom stereocenters. The van der Waals surface area contributed by atoms with Crippen molar-refractivity contribution in [2.45, 2.75) is 16.6 Å². The van der Waals surface area contributed by atoms with Crippen LogP contribution in [-0.4, -0.2) is 16.3 Å². The van der Waals surface area contributed by atoms with E-state index in [4.69, 9.17) is 44.9 Å². The third-order valence-electron chi connectivity index (χ3n) is 2.19. The molecule has 0 heterocycles. The first-order chi connectivity index (χ1) is 8.50. The molecule has 0 spiro atoms. The van der Waals surface area contributed by atoms with Crippen molar-refractivity contribution in [3.05, 3.63) is 48.0 Å². The number of aryl methyl sites for hydroxylation is 1. The van der Waals surface area contributed by atoms with Crippen molar-refractivity contribution in [1.82, 2.24) is 0 Å². The maximum atomic E-state index is 7.30. The Morgan fingerprint density at radius 2 is 1.83 bits per heavy atom. The van der Waals surface area contributed by atoms with E-state index in [0.717, 1.165) is 12.8 Å². The molecule has 1 aromatic rings. The first-order valence-electron chi connectivity index (χ1n) is 5.47. The monoisotopic (exact) mass is 305 g/mol. The molecule has 0 unspecified atom stereocenters. The van der Waals surface area contributed by atoms with Crippen LogP contribution in [0, 0.1) is 5.41 Å². The Hall–Kier alpha value is -0.700. The number of halogens is 3. The van der Waals surface area contributed by atoms with E-state index in [0.29, 0.717) is 0 Å². The summed E-state index contributed by atoms with van der Waals surface area (Å²) in [7, 11) is 0. The van der Waals surface area contributed by atoms with Gasteiger partial charge in [-0.25, -0.2) is 0 Å². The molecule has 0 aliphatic heterocycles. The van der Waals surface area contributed by atoms with Crippen LogP contribution in [0.15, 0.2) is 42.5 Å². The molecule has 1 rings (SSSR count).